The minimum absolute atomic E-state index is 0.0461. The number of para-hydroxylation sites is 1. The van der Waals surface area contributed by atoms with Crippen LogP contribution in [0, 0.1) is 0 Å². The quantitative estimate of drug-likeness (QED) is 0.614. The molecule has 0 N–H and O–H groups in total. The molecule has 0 radical (unpaired) electrons. The Hall–Kier alpha value is -1.57. The maximum atomic E-state index is 11.4. The van der Waals surface area contributed by atoms with Crippen LogP contribution in [0.5, 0.6) is 0 Å². The lowest BCUT2D eigenvalue weighted by atomic mass is 9.85. The third kappa shape index (κ3) is 1.80. The van der Waals surface area contributed by atoms with Crippen LogP contribution in [-0.2, 0) is 5.41 Å². The molecule has 0 bridgehead atoms. The fourth-order valence-corrected chi connectivity index (χ4v) is 1.73. The molecule has 0 saturated heterocycles. The van der Waals surface area contributed by atoms with Gasteiger partial charge in [-0.3, -0.25) is 0 Å². The van der Waals surface area contributed by atoms with Gasteiger partial charge < -0.3 is 4.42 Å². The van der Waals surface area contributed by atoms with Crippen molar-refractivity contribution in [2.75, 3.05) is 0 Å². The van der Waals surface area contributed by atoms with Crippen molar-refractivity contribution < 1.29 is 4.42 Å². The van der Waals surface area contributed by atoms with E-state index in [1.807, 2.05) is 24.3 Å². The molecule has 2 aromatic rings. The molecule has 1 aromatic carbocycles. The predicted molar refractivity (Wildman–Crippen MR) is 61.2 cm³/mol. The Kier molecular flexibility index (Phi) is 2.14. The number of hydrogen-bond acceptors (Lipinski definition) is 2. The van der Waals surface area contributed by atoms with Gasteiger partial charge in [0.05, 0.1) is 0 Å². The van der Waals surface area contributed by atoms with Gasteiger partial charge in [0, 0.05) is 11.5 Å². The van der Waals surface area contributed by atoms with Gasteiger partial charge in [0.25, 0.3) is 0 Å². The van der Waals surface area contributed by atoms with E-state index in [9.17, 15) is 4.79 Å². The van der Waals surface area contributed by atoms with Gasteiger partial charge in [-0.25, -0.2) is 4.79 Å². The highest BCUT2D eigenvalue weighted by Crippen LogP contribution is 2.28. The van der Waals surface area contributed by atoms with E-state index in [1.54, 1.807) is 6.07 Å². The summed E-state index contributed by atoms with van der Waals surface area (Å²) >= 11 is 0. The van der Waals surface area contributed by atoms with E-state index in [0.717, 1.165) is 10.9 Å². The van der Waals surface area contributed by atoms with Gasteiger partial charge in [-0.1, -0.05) is 39.0 Å². The highest BCUT2D eigenvalue weighted by Gasteiger charge is 2.18. The summed E-state index contributed by atoms with van der Waals surface area (Å²) in [7, 11) is 0. The molecule has 0 saturated carbocycles. The Balaban J connectivity index is 2.89. The predicted octanol–water partition coefficient (Wildman–Crippen LogP) is 3.09. The average Bonchev–Trinajstić information content (AvgIpc) is 2.15. The van der Waals surface area contributed by atoms with Crippen LogP contribution in [0.3, 0.4) is 0 Å². The topological polar surface area (TPSA) is 30.2 Å². The van der Waals surface area contributed by atoms with E-state index in [4.69, 9.17) is 4.42 Å². The summed E-state index contributed by atoms with van der Waals surface area (Å²) in [6.07, 6.45) is 0. The van der Waals surface area contributed by atoms with Gasteiger partial charge in [-0.05, 0) is 17.0 Å². The zero-order chi connectivity index (χ0) is 11.1. The molecular weight excluding hydrogens is 188 g/mol. The second-order valence-electron chi connectivity index (χ2n) is 4.73. The normalized spacial score (nSPS) is 11.9. The molecule has 0 amide bonds. The van der Waals surface area contributed by atoms with E-state index < -0.39 is 0 Å². The van der Waals surface area contributed by atoms with Crippen molar-refractivity contribution in [1.82, 2.24) is 0 Å². The third-order valence-corrected chi connectivity index (χ3v) is 2.46. The molecule has 0 fully saturated rings. The van der Waals surface area contributed by atoms with Gasteiger partial charge in [0.15, 0.2) is 0 Å². The van der Waals surface area contributed by atoms with Crippen LogP contribution >= 0.6 is 0 Å². The van der Waals surface area contributed by atoms with Crippen LogP contribution in [-0.4, -0.2) is 0 Å². The first-order valence-electron chi connectivity index (χ1n) is 5.02. The van der Waals surface area contributed by atoms with Gasteiger partial charge in [0.1, 0.15) is 5.58 Å². The zero-order valence-corrected chi connectivity index (χ0v) is 9.20. The van der Waals surface area contributed by atoms with Gasteiger partial charge in [-0.15, -0.1) is 0 Å². The molecule has 0 aliphatic rings. The van der Waals surface area contributed by atoms with Crippen molar-refractivity contribution in [2.45, 2.75) is 26.2 Å². The van der Waals surface area contributed by atoms with Gasteiger partial charge in [0.2, 0.25) is 0 Å². The maximum Gasteiger partial charge on any atom is 0.336 e. The standard InChI is InChI=1S/C13H14O2/c1-13(2,3)10-8-12(14)15-11-7-5-4-6-9(10)11/h4-8H,1-3H3. The molecule has 78 valence electrons. The lowest BCUT2D eigenvalue weighted by Crippen LogP contribution is -2.15. The molecule has 0 unspecified atom stereocenters. The van der Waals surface area contributed by atoms with Gasteiger partial charge >= 0.3 is 5.63 Å². The molecule has 2 heteroatoms. The molecule has 15 heavy (non-hydrogen) atoms. The summed E-state index contributed by atoms with van der Waals surface area (Å²) in [6.45, 7) is 6.27. The Morgan fingerprint density at radius 1 is 1.13 bits per heavy atom. The van der Waals surface area contributed by atoms with Gasteiger partial charge in [-0.2, -0.15) is 0 Å². The summed E-state index contributed by atoms with van der Waals surface area (Å²) < 4.78 is 5.14. The van der Waals surface area contributed by atoms with Crippen molar-refractivity contribution in [2.24, 2.45) is 0 Å². The van der Waals surface area contributed by atoms with E-state index >= 15 is 0 Å². The van der Waals surface area contributed by atoms with E-state index in [1.165, 1.54) is 0 Å². The Bertz CT molecular complexity index is 544. The van der Waals surface area contributed by atoms with Crippen LogP contribution < -0.4 is 5.63 Å². The average molecular weight is 202 g/mol. The molecule has 0 atom stereocenters. The fraction of sp³-hybridized carbons (Fsp3) is 0.308. The summed E-state index contributed by atoms with van der Waals surface area (Å²) in [4.78, 5) is 11.4. The Labute approximate surface area is 88.5 Å². The largest absolute Gasteiger partial charge is 0.423 e. The Morgan fingerprint density at radius 2 is 1.80 bits per heavy atom. The summed E-state index contributed by atoms with van der Waals surface area (Å²) in [6, 6.07) is 9.22. The van der Waals surface area contributed by atoms with Crippen molar-refractivity contribution >= 4 is 11.0 Å². The molecule has 1 aromatic heterocycles. The van der Waals surface area contributed by atoms with E-state index in [2.05, 4.69) is 20.8 Å². The lowest BCUT2D eigenvalue weighted by Gasteiger charge is -2.20. The minimum atomic E-state index is -0.279. The number of benzene rings is 1. The van der Waals surface area contributed by atoms with E-state index in [0.29, 0.717) is 5.58 Å². The summed E-state index contributed by atoms with van der Waals surface area (Å²) in [5, 5.41) is 1.02. The zero-order valence-electron chi connectivity index (χ0n) is 9.20. The van der Waals surface area contributed by atoms with Crippen molar-refractivity contribution in [1.29, 1.82) is 0 Å². The van der Waals surface area contributed by atoms with E-state index in [-0.39, 0.29) is 11.0 Å². The first-order valence-corrected chi connectivity index (χ1v) is 5.02. The van der Waals surface area contributed by atoms with Crippen molar-refractivity contribution in [3.63, 3.8) is 0 Å². The number of hydrogen-bond donors (Lipinski definition) is 0. The second kappa shape index (κ2) is 3.23. The highest BCUT2D eigenvalue weighted by atomic mass is 16.4. The molecule has 2 nitrogen and oxygen atoms in total. The maximum absolute atomic E-state index is 11.4. The smallest absolute Gasteiger partial charge is 0.336 e. The van der Waals surface area contributed by atoms with Crippen LogP contribution in [0.15, 0.2) is 39.5 Å². The minimum Gasteiger partial charge on any atom is -0.423 e. The van der Waals surface area contributed by atoms with Crippen LogP contribution in [0.1, 0.15) is 26.3 Å². The third-order valence-electron chi connectivity index (χ3n) is 2.46. The molecule has 0 aliphatic carbocycles. The van der Waals surface area contributed by atoms with Crippen molar-refractivity contribution in [3.8, 4) is 0 Å². The first-order chi connectivity index (χ1) is 6.98. The molecule has 0 aliphatic heterocycles. The van der Waals surface area contributed by atoms with Crippen LogP contribution in [0.4, 0.5) is 0 Å². The highest BCUT2D eigenvalue weighted by molar-refractivity contribution is 5.81. The van der Waals surface area contributed by atoms with Crippen LogP contribution in [0.25, 0.3) is 11.0 Å². The molecule has 1 heterocycles. The number of fused-ring (bicyclic) bond motifs is 1. The number of rotatable bonds is 0. The van der Waals surface area contributed by atoms with Crippen LogP contribution in [0.2, 0.25) is 0 Å². The molecule has 2 rings (SSSR count). The summed E-state index contributed by atoms with van der Waals surface area (Å²) in [5.74, 6) is 0. The lowest BCUT2D eigenvalue weighted by molar-refractivity contribution is 0.540. The fourth-order valence-electron chi connectivity index (χ4n) is 1.73. The SMILES string of the molecule is CC(C)(C)c1cc(=O)oc2ccccc12. The summed E-state index contributed by atoms with van der Waals surface area (Å²) in [5.41, 5.74) is 1.37. The first kappa shape index (κ1) is 9.97. The molecular formula is C13H14O2. The monoisotopic (exact) mass is 202 g/mol. The Morgan fingerprint density at radius 3 is 2.47 bits per heavy atom. The second-order valence-corrected chi connectivity index (χ2v) is 4.73. The van der Waals surface area contributed by atoms with Crippen molar-refractivity contribution in [3.05, 3.63) is 46.3 Å². The molecule has 0 spiro atoms.